The van der Waals surface area contributed by atoms with Gasteiger partial charge in [-0.2, -0.15) is 18.9 Å². The zero-order chi connectivity index (χ0) is 16.7. The average Bonchev–Trinajstić information content (AvgIpc) is 3.01. The Morgan fingerprint density at radius 1 is 1.25 bits per heavy atom. The number of anilines is 1. The number of benzene rings is 1. The standard InChI is InChI=1S/C16H14F2N4O2/c17-15(18)24-10-6-4-9(5-7-10)14-13-11(2-1-3-12(13)23)21-16-19-8-20-22(14)16/h4-8,14-15H,1-3H2,(H,19,20,21). The first-order valence-corrected chi connectivity index (χ1v) is 7.61. The topological polar surface area (TPSA) is 69.0 Å². The molecule has 0 amide bonds. The van der Waals surface area contributed by atoms with Crippen LogP contribution in [0.25, 0.3) is 0 Å². The van der Waals surface area contributed by atoms with Crippen LogP contribution >= 0.6 is 0 Å². The molecule has 0 spiro atoms. The second kappa shape index (κ2) is 5.70. The van der Waals surface area contributed by atoms with Crippen molar-refractivity contribution in [1.29, 1.82) is 0 Å². The van der Waals surface area contributed by atoms with Gasteiger partial charge in [-0.3, -0.25) is 4.79 Å². The van der Waals surface area contributed by atoms with Crippen LogP contribution in [0, 0.1) is 0 Å². The van der Waals surface area contributed by atoms with E-state index < -0.39 is 12.7 Å². The molecule has 2 heterocycles. The summed E-state index contributed by atoms with van der Waals surface area (Å²) in [5, 5.41) is 7.39. The third-order valence-corrected chi connectivity index (χ3v) is 4.23. The summed E-state index contributed by atoms with van der Waals surface area (Å²) in [6.07, 6.45) is 3.49. The van der Waals surface area contributed by atoms with Crippen molar-refractivity contribution in [2.45, 2.75) is 31.9 Å². The molecular weight excluding hydrogens is 318 g/mol. The van der Waals surface area contributed by atoms with E-state index in [2.05, 4.69) is 20.1 Å². The minimum absolute atomic E-state index is 0.0720. The van der Waals surface area contributed by atoms with Crippen molar-refractivity contribution in [2.24, 2.45) is 0 Å². The van der Waals surface area contributed by atoms with E-state index in [4.69, 9.17) is 0 Å². The van der Waals surface area contributed by atoms with Crippen LogP contribution < -0.4 is 10.1 Å². The Morgan fingerprint density at radius 2 is 2.04 bits per heavy atom. The summed E-state index contributed by atoms with van der Waals surface area (Å²) in [7, 11) is 0. The van der Waals surface area contributed by atoms with Gasteiger partial charge in [-0.1, -0.05) is 12.1 Å². The third kappa shape index (κ3) is 2.44. The number of Topliss-reactive ketones (excluding diaryl/α,β-unsaturated/α-hetero) is 1. The molecule has 0 bridgehead atoms. The van der Waals surface area contributed by atoms with Gasteiger partial charge in [0.05, 0.1) is 0 Å². The minimum Gasteiger partial charge on any atom is -0.435 e. The first kappa shape index (κ1) is 14.8. The first-order chi connectivity index (χ1) is 11.6. The molecule has 1 atom stereocenters. The number of hydrogen-bond acceptors (Lipinski definition) is 5. The lowest BCUT2D eigenvalue weighted by molar-refractivity contribution is -0.116. The summed E-state index contributed by atoms with van der Waals surface area (Å²) in [4.78, 5) is 16.6. The largest absolute Gasteiger partial charge is 0.435 e. The zero-order valence-electron chi connectivity index (χ0n) is 12.6. The van der Waals surface area contributed by atoms with E-state index in [1.54, 1.807) is 16.8 Å². The van der Waals surface area contributed by atoms with E-state index in [0.717, 1.165) is 24.1 Å². The Labute approximate surface area is 136 Å². The summed E-state index contributed by atoms with van der Waals surface area (Å²) >= 11 is 0. The van der Waals surface area contributed by atoms with Crippen LogP contribution in [-0.2, 0) is 4.79 Å². The van der Waals surface area contributed by atoms with Gasteiger partial charge in [0.1, 0.15) is 18.1 Å². The smallest absolute Gasteiger partial charge is 0.387 e. The van der Waals surface area contributed by atoms with Crippen molar-refractivity contribution in [3.8, 4) is 5.75 Å². The second-order valence-electron chi connectivity index (χ2n) is 5.67. The van der Waals surface area contributed by atoms with E-state index in [0.29, 0.717) is 17.9 Å². The Morgan fingerprint density at radius 3 is 2.79 bits per heavy atom. The number of nitrogens with zero attached hydrogens (tertiary/aromatic N) is 3. The van der Waals surface area contributed by atoms with Crippen LogP contribution in [0.15, 0.2) is 41.9 Å². The SMILES string of the molecule is O=C1CCCC2=C1C(c1ccc(OC(F)F)cc1)n1ncnc1N2. The van der Waals surface area contributed by atoms with Crippen molar-refractivity contribution in [3.05, 3.63) is 47.4 Å². The van der Waals surface area contributed by atoms with Crippen LogP contribution in [0.5, 0.6) is 5.75 Å². The molecule has 1 aliphatic carbocycles. The number of carbonyl (C=O) groups is 1. The molecule has 0 radical (unpaired) electrons. The molecule has 2 aromatic rings. The fourth-order valence-electron chi connectivity index (χ4n) is 3.24. The van der Waals surface area contributed by atoms with Gasteiger partial charge in [-0.25, -0.2) is 4.68 Å². The van der Waals surface area contributed by atoms with Gasteiger partial charge in [0.25, 0.3) is 0 Å². The molecule has 6 nitrogen and oxygen atoms in total. The van der Waals surface area contributed by atoms with Gasteiger partial charge < -0.3 is 10.1 Å². The molecule has 0 fully saturated rings. The number of nitrogens with one attached hydrogen (secondary N) is 1. The Hall–Kier alpha value is -2.77. The number of alkyl halides is 2. The van der Waals surface area contributed by atoms with Crippen molar-refractivity contribution in [1.82, 2.24) is 14.8 Å². The maximum absolute atomic E-state index is 12.5. The highest BCUT2D eigenvalue weighted by molar-refractivity contribution is 5.99. The number of carbonyl (C=O) groups excluding carboxylic acids is 1. The van der Waals surface area contributed by atoms with Crippen LogP contribution in [0.3, 0.4) is 0 Å². The third-order valence-electron chi connectivity index (χ3n) is 4.23. The van der Waals surface area contributed by atoms with Crippen molar-refractivity contribution >= 4 is 11.7 Å². The van der Waals surface area contributed by atoms with E-state index in [1.807, 2.05) is 0 Å². The number of rotatable bonds is 3. The molecule has 1 unspecified atom stereocenters. The molecule has 0 saturated carbocycles. The van der Waals surface area contributed by atoms with Crippen LogP contribution in [-0.4, -0.2) is 27.2 Å². The summed E-state index contributed by atoms with van der Waals surface area (Å²) in [6, 6.07) is 5.87. The van der Waals surface area contributed by atoms with Crippen LogP contribution in [0.1, 0.15) is 30.9 Å². The van der Waals surface area contributed by atoms with E-state index in [1.165, 1.54) is 18.5 Å². The van der Waals surface area contributed by atoms with Gasteiger partial charge in [0.15, 0.2) is 5.78 Å². The Bertz CT molecular complexity index is 814. The number of allylic oxidation sites excluding steroid dienone is 2. The van der Waals surface area contributed by atoms with Gasteiger partial charge in [0, 0.05) is 17.7 Å². The predicted octanol–water partition coefficient (Wildman–Crippen LogP) is 2.90. The van der Waals surface area contributed by atoms with Crippen molar-refractivity contribution < 1.29 is 18.3 Å². The second-order valence-corrected chi connectivity index (χ2v) is 5.67. The lowest BCUT2D eigenvalue weighted by Gasteiger charge is -2.32. The molecule has 2 aliphatic rings. The zero-order valence-corrected chi connectivity index (χ0v) is 12.6. The fourth-order valence-corrected chi connectivity index (χ4v) is 3.24. The molecule has 24 heavy (non-hydrogen) atoms. The van der Waals surface area contributed by atoms with Crippen LogP contribution in [0.2, 0.25) is 0 Å². The maximum Gasteiger partial charge on any atom is 0.387 e. The fraction of sp³-hybridized carbons (Fsp3) is 0.312. The van der Waals surface area contributed by atoms with Gasteiger partial charge in [0.2, 0.25) is 5.95 Å². The van der Waals surface area contributed by atoms with Gasteiger partial charge >= 0.3 is 6.61 Å². The Kier molecular flexibility index (Phi) is 3.51. The number of fused-ring (bicyclic) bond motifs is 1. The molecule has 1 aromatic heterocycles. The number of aromatic nitrogens is 3. The van der Waals surface area contributed by atoms with Gasteiger partial charge in [-0.15, -0.1) is 0 Å². The number of halogens is 2. The van der Waals surface area contributed by atoms with E-state index in [-0.39, 0.29) is 11.5 Å². The summed E-state index contributed by atoms with van der Waals surface area (Å²) in [5.41, 5.74) is 2.30. The molecule has 0 saturated heterocycles. The number of hydrogen-bond donors (Lipinski definition) is 1. The lowest BCUT2D eigenvalue weighted by Crippen LogP contribution is -2.31. The van der Waals surface area contributed by atoms with E-state index >= 15 is 0 Å². The number of ether oxygens (including phenoxy) is 1. The molecule has 4 rings (SSSR count). The monoisotopic (exact) mass is 332 g/mol. The highest BCUT2D eigenvalue weighted by Gasteiger charge is 2.35. The van der Waals surface area contributed by atoms with Crippen molar-refractivity contribution in [2.75, 3.05) is 5.32 Å². The summed E-state index contributed by atoms with van der Waals surface area (Å²) in [6.45, 7) is -2.87. The number of ketones is 1. The first-order valence-electron chi connectivity index (χ1n) is 7.61. The van der Waals surface area contributed by atoms with Crippen molar-refractivity contribution in [3.63, 3.8) is 0 Å². The average molecular weight is 332 g/mol. The molecule has 1 aliphatic heterocycles. The normalized spacial score (nSPS) is 19.8. The Balaban J connectivity index is 1.77. The summed E-state index contributed by atoms with van der Waals surface area (Å²) < 4.78 is 30.6. The molecule has 1 N–H and O–H groups in total. The lowest BCUT2D eigenvalue weighted by atomic mass is 9.85. The molecular formula is C16H14F2N4O2. The quantitative estimate of drug-likeness (QED) is 0.936. The maximum atomic E-state index is 12.5. The summed E-state index contributed by atoms with van der Waals surface area (Å²) in [5.74, 6) is 0.717. The van der Waals surface area contributed by atoms with E-state index in [9.17, 15) is 13.6 Å². The predicted molar refractivity (Wildman–Crippen MR) is 80.7 cm³/mol. The highest BCUT2D eigenvalue weighted by atomic mass is 19.3. The highest BCUT2D eigenvalue weighted by Crippen LogP contribution is 2.39. The molecule has 124 valence electrons. The molecule has 1 aromatic carbocycles. The van der Waals surface area contributed by atoms with Crippen LogP contribution in [0.4, 0.5) is 14.7 Å². The minimum atomic E-state index is -2.87. The van der Waals surface area contributed by atoms with Gasteiger partial charge in [-0.05, 0) is 30.5 Å². The molecule has 8 heteroatoms.